The van der Waals surface area contributed by atoms with Gasteiger partial charge in [0, 0.05) is 6.20 Å². The molecule has 0 aliphatic carbocycles. The fourth-order valence-corrected chi connectivity index (χ4v) is 3.04. The molecule has 0 saturated carbocycles. The number of nitrogens with one attached hydrogen (secondary N) is 4. The smallest absolute Gasteiger partial charge is 0.276 e. The third kappa shape index (κ3) is 3.35. The number of hydrogen-bond donors (Lipinski definition) is 4. The second-order valence-corrected chi connectivity index (χ2v) is 6.55. The van der Waals surface area contributed by atoms with Gasteiger partial charge in [-0.25, -0.2) is 9.97 Å². The lowest BCUT2D eigenvalue weighted by Gasteiger charge is -2.04. The first kappa shape index (κ1) is 17.6. The van der Waals surface area contributed by atoms with Crippen molar-refractivity contribution in [1.29, 1.82) is 0 Å². The van der Waals surface area contributed by atoms with E-state index in [4.69, 9.17) is 0 Å². The largest absolute Gasteiger partial charge is 0.324 e. The summed E-state index contributed by atoms with van der Waals surface area (Å²) in [6.07, 6.45) is 1.34. The van der Waals surface area contributed by atoms with Crippen molar-refractivity contribution in [3.8, 4) is 0 Å². The Labute approximate surface area is 169 Å². The number of nitrogens with zero attached hydrogens (tertiary/aromatic N) is 3. The highest BCUT2D eigenvalue weighted by Crippen LogP contribution is 2.15. The van der Waals surface area contributed by atoms with Gasteiger partial charge >= 0.3 is 0 Å². The molecule has 5 aromatic rings. The first-order chi connectivity index (χ1) is 14.7. The fourth-order valence-electron chi connectivity index (χ4n) is 3.04. The minimum absolute atomic E-state index is 0.163. The number of benzene rings is 2. The van der Waals surface area contributed by atoms with Crippen LogP contribution in [0.25, 0.3) is 22.1 Å². The van der Waals surface area contributed by atoms with E-state index in [1.54, 1.807) is 0 Å². The molecule has 0 radical (unpaired) electrons. The van der Waals surface area contributed by atoms with E-state index in [1.807, 2.05) is 48.5 Å². The fraction of sp³-hybridized carbons (Fsp3) is 0. The van der Waals surface area contributed by atoms with Gasteiger partial charge < -0.3 is 9.97 Å². The average molecular weight is 397 g/mol. The lowest BCUT2D eigenvalue weighted by atomic mass is 10.2. The number of anilines is 2. The Morgan fingerprint density at radius 2 is 1.27 bits per heavy atom. The van der Waals surface area contributed by atoms with Gasteiger partial charge in [0.1, 0.15) is 5.69 Å². The number of carbonyl (C=O) groups is 2. The molecule has 0 atom stereocenters. The Balaban J connectivity index is 1.28. The van der Waals surface area contributed by atoms with E-state index >= 15 is 0 Å². The van der Waals surface area contributed by atoms with E-state index in [9.17, 15) is 9.59 Å². The average Bonchev–Trinajstić information content (AvgIpc) is 3.36. The highest BCUT2D eigenvalue weighted by molar-refractivity contribution is 6.05. The minimum Gasteiger partial charge on any atom is -0.324 e. The lowest BCUT2D eigenvalue weighted by Crippen LogP contribution is -2.17. The standard InChI is InChI=1S/C21H15N7O2/c29-18(27-20-23-13-5-1-2-6-14(13)24-20)12-9-10-17(22-11-12)19(30)28-21-25-15-7-3-4-8-16(15)26-21/h1-11H,(H2,23,24,27,29)(H2,25,26,28,30). The molecule has 146 valence electrons. The Morgan fingerprint density at radius 1 is 0.700 bits per heavy atom. The molecule has 0 aliphatic heterocycles. The third-order valence-corrected chi connectivity index (χ3v) is 4.50. The summed E-state index contributed by atoms with van der Waals surface area (Å²) in [7, 11) is 0. The van der Waals surface area contributed by atoms with Crippen molar-refractivity contribution >= 4 is 45.8 Å². The van der Waals surface area contributed by atoms with E-state index in [1.165, 1.54) is 18.3 Å². The molecule has 0 aliphatic rings. The molecule has 4 N–H and O–H groups in total. The van der Waals surface area contributed by atoms with Crippen molar-refractivity contribution in [2.75, 3.05) is 10.6 Å². The van der Waals surface area contributed by atoms with Crippen molar-refractivity contribution in [3.05, 3.63) is 78.1 Å². The van der Waals surface area contributed by atoms with Crippen LogP contribution in [0.1, 0.15) is 20.8 Å². The van der Waals surface area contributed by atoms with Gasteiger partial charge in [0.25, 0.3) is 11.8 Å². The maximum absolute atomic E-state index is 12.4. The molecule has 9 heteroatoms. The number of H-pyrrole nitrogens is 2. The first-order valence-electron chi connectivity index (χ1n) is 9.14. The Hall–Kier alpha value is -4.53. The van der Waals surface area contributed by atoms with Gasteiger partial charge in [-0.1, -0.05) is 24.3 Å². The topological polar surface area (TPSA) is 128 Å². The lowest BCUT2D eigenvalue weighted by molar-refractivity contribution is 0.101. The van der Waals surface area contributed by atoms with Gasteiger partial charge in [-0.3, -0.25) is 25.2 Å². The number of fused-ring (bicyclic) bond motifs is 2. The van der Waals surface area contributed by atoms with Gasteiger partial charge in [-0.15, -0.1) is 0 Å². The quantitative estimate of drug-likeness (QED) is 0.370. The number of para-hydroxylation sites is 4. The molecule has 0 unspecified atom stereocenters. The van der Waals surface area contributed by atoms with E-state index in [-0.39, 0.29) is 11.6 Å². The van der Waals surface area contributed by atoms with Crippen LogP contribution < -0.4 is 10.6 Å². The molecule has 0 saturated heterocycles. The van der Waals surface area contributed by atoms with Crippen LogP contribution in [-0.4, -0.2) is 36.7 Å². The second kappa shape index (κ2) is 7.13. The van der Waals surface area contributed by atoms with Crippen LogP contribution in [-0.2, 0) is 0 Å². The molecule has 5 rings (SSSR count). The summed E-state index contributed by atoms with van der Waals surface area (Å²) in [6.45, 7) is 0. The summed E-state index contributed by atoms with van der Waals surface area (Å²) in [4.78, 5) is 43.6. The van der Waals surface area contributed by atoms with Gasteiger partial charge in [0.05, 0.1) is 27.6 Å². The Kier molecular flexibility index (Phi) is 4.18. The molecular weight excluding hydrogens is 382 g/mol. The molecule has 9 nitrogen and oxygen atoms in total. The minimum atomic E-state index is -0.432. The van der Waals surface area contributed by atoms with Crippen molar-refractivity contribution in [2.24, 2.45) is 0 Å². The Morgan fingerprint density at radius 3 is 1.80 bits per heavy atom. The zero-order valence-corrected chi connectivity index (χ0v) is 15.5. The number of aromatic amines is 2. The molecule has 0 spiro atoms. The molecule has 3 aromatic heterocycles. The van der Waals surface area contributed by atoms with Crippen molar-refractivity contribution in [2.45, 2.75) is 0 Å². The second-order valence-electron chi connectivity index (χ2n) is 6.55. The third-order valence-electron chi connectivity index (χ3n) is 4.50. The van der Waals surface area contributed by atoms with Gasteiger partial charge in [-0.2, -0.15) is 0 Å². The maximum atomic E-state index is 12.4. The monoisotopic (exact) mass is 397 g/mol. The van der Waals surface area contributed by atoms with E-state index in [0.29, 0.717) is 17.5 Å². The van der Waals surface area contributed by atoms with Crippen molar-refractivity contribution in [3.63, 3.8) is 0 Å². The number of pyridine rings is 1. The zero-order valence-electron chi connectivity index (χ0n) is 15.5. The number of aromatic nitrogens is 5. The van der Waals surface area contributed by atoms with Gasteiger partial charge in [0.15, 0.2) is 0 Å². The number of hydrogen-bond acceptors (Lipinski definition) is 5. The first-order valence-corrected chi connectivity index (χ1v) is 9.14. The van der Waals surface area contributed by atoms with E-state index < -0.39 is 5.91 Å². The summed E-state index contributed by atoms with van der Waals surface area (Å²) in [5.74, 6) is -0.147. The molecule has 0 fully saturated rings. The molecule has 0 bridgehead atoms. The highest BCUT2D eigenvalue weighted by atomic mass is 16.2. The van der Waals surface area contributed by atoms with Crippen LogP contribution in [0.3, 0.4) is 0 Å². The SMILES string of the molecule is O=C(Nc1nc2ccccc2[nH]1)c1ccc(C(=O)Nc2nc3ccccc3[nH]2)nc1. The zero-order chi connectivity index (χ0) is 20.5. The molecule has 3 heterocycles. The summed E-state index contributed by atoms with van der Waals surface area (Å²) in [6, 6.07) is 17.9. The number of imidazole rings is 2. The summed E-state index contributed by atoms with van der Waals surface area (Å²) < 4.78 is 0. The van der Waals surface area contributed by atoms with Crippen LogP contribution in [0.4, 0.5) is 11.9 Å². The maximum Gasteiger partial charge on any atom is 0.276 e. The molecule has 2 aromatic carbocycles. The summed E-state index contributed by atoms with van der Waals surface area (Å²) >= 11 is 0. The number of amides is 2. The van der Waals surface area contributed by atoms with Crippen LogP contribution in [0.15, 0.2) is 66.9 Å². The Bertz CT molecular complexity index is 1210. The molecular formula is C21H15N7O2. The van der Waals surface area contributed by atoms with Crippen molar-refractivity contribution < 1.29 is 9.59 Å². The molecule has 2 amide bonds. The predicted octanol–water partition coefficient (Wildman–Crippen LogP) is 3.34. The van der Waals surface area contributed by atoms with Crippen LogP contribution in [0.5, 0.6) is 0 Å². The summed E-state index contributed by atoms with van der Waals surface area (Å²) in [5, 5.41) is 5.36. The van der Waals surface area contributed by atoms with Crippen LogP contribution in [0, 0.1) is 0 Å². The predicted molar refractivity (Wildman–Crippen MR) is 112 cm³/mol. The van der Waals surface area contributed by atoms with E-state index in [2.05, 4.69) is 35.6 Å². The normalized spacial score (nSPS) is 10.9. The number of carbonyl (C=O) groups excluding carboxylic acids is 2. The number of rotatable bonds is 4. The van der Waals surface area contributed by atoms with Gasteiger partial charge in [0.2, 0.25) is 11.9 Å². The van der Waals surface area contributed by atoms with Crippen LogP contribution >= 0.6 is 0 Å². The van der Waals surface area contributed by atoms with Crippen molar-refractivity contribution in [1.82, 2.24) is 24.9 Å². The summed E-state index contributed by atoms with van der Waals surface area (Å²) in [5.41, 5.74) is 3.61. The van der Waals surface area contributed by atoms with Crippen LogP contribution in [0.2, 0.25) is 0 Å². The highest BCUT2D eigenvalue weighted by Gasteiger charge is 2.13. The van der Waals surface area contributed by atoms with E-state index in [0.717, 1.165) is 22.1 Å². The van der Waals surface area contributed by atoms with Gasteiger partial charge in [-0.05, 0) is 36.4 Å². The molecule has 30 heavy (non-hydrogen) atoms.